The average molecular weight is 253 g/mol. The smallest absolute Gasteiger partial charge is 0.0640 e. The first kappa shape index (κ1) is 12.1. The predicted molar refractivity (Wildman–Crippen MR) is 63.7 cm³/mol. The van der Waals surface area contributed by atoms with Crippen molar-refractivity contribution in [2.45, 2.75) is 18.9 Å². The SMILES string of the molecule is Cl.Clc1cccc([C@@H]2CCCN2)c1Cl. The first-order chi connectivity index (χ1) is 6.29. The molecule has 0 aromatic heterocycles. The van der Waals surface area contributed by atoms with E-state index in [1.54, 1.807) is 0 Å². The Kier molecular flexibility index (Phi) is 4.52. The standard InChI is InChI=1S/C10H11Cl2N.ClH/c11-8-4-1-3-7(10(8)12)9-5-2-6-13-9;/h1,3-4,9,13H,2,5-6H2;1H/t9-;/m0./s1. The molecular weight excluding hydrogens is 240 g/mol. The molecule has 1 saturated heterocycles. The van der Waals surface area contributed by atoms with Gasteiger partial charge < -0.3 is 5.32 Å². The molecule has 1 nitrogen and oxygen atoms in total. The second-order valence-corrected chi connectivity index (χ2v) is 4.08. The van der Waals surface area contributed by atoms with Crippen LogP contribution in [0.5, 0.6) is 0 Å². The Balaban J connectivity index is 0.000000980. The van der Waals surface area contributed by atoms with Gasteiger partial charge in [0.1, 0.15) is 0 Å². The van der Waals surface area contributed by atoms with Gasteiger partial charge in [0.05, 0.1) is 10.0 Å². The maximum absolute atomic E-state index is 6.10. The fourth-order valence-corrected chi connectivity index (χ4v) is 2.18. The van der Waals surface area contributed by atoms with Gasteiger partial charge in [0.15, 0.2) is 0 Å². The van der Waals surface area contributed by atoms with Crippen LogP contribution in [0.1, 0.15) is 24.4 Å². The maximum atomic E-state index is 6.10. The van der Waals surface area contributed by atoms with Crippen LogP contribution in [0.3, 0.4) is 0 Å². The molecule has 0 amide bonds. The molecule has 1 aliphatic heterocycles. The van der Waals surface area contributed by atoms with E-state index in [0.717, 1.165) is 18.5 Å². The molecule has 1 atom stereocenters. The summed E-state index contributed by atoms with van der Waals surface area (Å²) in [5, 5.41) is 4.74. The number of rotatable bonds is 1. The van der Waals surface area contributed by atoms with Crippen molar-refractivity contribution in [1.82, 2.24) is 5.32 Å². The Labute approximate surface area is 100 Å². The molecule has 1 fully saturated rings. The van der Waals surface area contributed by atoms with Gasteiger partial charge in [-0.05, 0) is 31.0 Å². The van der Waals surface area contributed by atoms with Crippen molar-refractivity contribution in [1.29, 1.82) is 0 Å². The number of benzene rings is 1. The predicted octanol–water partition coefficient (Wildman–Crippen LogP) is 3.84. The first-order valence-corrected chi connectivity index (χ1v) is 5.22. The van der Waals surface area contributed by atoms with Crippen LogP contribution < -0.4 is 5.32 Å². The van der Waals surface area contributed by atoms with Crippen LogP contribution in [-0.4, -0.2) is 6.54 Å². The lowest BCUT2D eigenvalue weighted by Crippen LogP contribution is -2.13. The van der Waals surface area contributed by atoms with Gasteiger partial charge in [-0.1, -0.05) is 35.3 Å². The summed E-state index contributed by atoms with van der Waals surface area (Å²) in [6, 6.07) is 6.20. The van der Waals surface area contributed by atoms with E-state index in [4.69, 9.17) is 23.2 Å². The molecule has 0 bridgehead atoms. The van der Waals surface area contributed by atoms with Crippen LogP contribution in [0.4, 0.5) is 0 Å². The maximum Gasteiger partial charge on any atom is 0.0640 e. The van der Waals surface area contributed by atoms with E-state index in [9.17, 15) is 0 Å². The third kappa shape index (κ3) is 2.34. The molecule has 1 aromatic carbocycles. The Morgan fingerprint density at radius 2 is 2.07 bits per heavy atom. The van der Waals surface area contributed by atoms with Gasteiger partial charge in [0, 0.05) is 6.04 Å². The monoisotopic (exact) mass is 251 g/mol. The summed E-state index contributed by atoms with van der Waals surface area (Å²) in [5.41, 5.74) is 1.13. The highest BCUT2D eigenvalue weighted by molar-refractivity contribution is 6.42. The van der Waals surface area contributed by atoms with Gasteiger partial charge in [-0.15, -0.1) is 12.4 Å². The molecule has 0 unspecified atom stereocenters. The Bertz CT molecular complexity index is 308. The summed E-state index contributed by atoms with van der Waals surface area (Å²) in [6.45, 7) is 1.08. The normalized spacial score (nSPS) is 20.6. The van der Waals surface area contributed by atoms with Crippen molar-refractivity contribution >= 4 is 35.6 Å². The quantitative estimate of drug-likeness (QED) is 0.801. The van der Waals surface area contributed by atoms with E-state index in [1.807, 2.05) is 18.2 Å². The lowest BCUT2D eigenvalue weighted by atomic mass is 10.1. The van der Waals surface area contributed by atoms with Crippen molar-refractivity contribution < 1.29 is 0 Å². The molecule has 0 saturated carbocycles. The van der Waals surface area contributed by atoms with Gasteiger partial charge in [-0.25, -0.2) is 0 Å². The van der Waals surface area contributed by atoms with E-state index in [1.165, 1.54) is 6.42 Å². The van der Waals surface area contributed by atoms with Crippen molar-refractivity contribution in [3.8, 4) is 0 Å². The highest BCUT2D eigenvalue weighted by atomic mass is 35.5. The molecule has 1 aromatic rings. The van der Waals surface area contributed by atoms with Crippen molar-refractivity contribution in [3.05, 3.63) is 33.8 Å². The Morgan fingerprint density at radius 3 is 2.71 bits per heavy atom. The number of hydrogen-bond donors (Lipinski definition) is 1. The third-order valence-corrected chi connectivity index (χ3v) is 3.25. The zero-order valence-electron chi connectivity index (χ0n) is 7.59. The summed E-state index contributed by atoms with van der Waals surface area (Å²) in [4.78, 5) is 0. The van der Waals surface area contributed by atoms with E-state index in [2.05, 4.69) is 5.32 Å². The molecule has 1 heterocycles. The zero-order valence-corrected chi connectivity index (χ0v) is 9.92. The summed E-state index contributed by atoms with van der Waals surface area (Å²) >= 11 is 12.0. The highest BCUT2D eigenvalue weighted by Gasteiger charge is 2.19. The van der Waals surface area contributed by atoms with Crippen molar-refractivity contribution in [2.24, 2.45) is 0 Å². The topological polar surface area (TPSA) is 12.0 Å². The highest BCUT2D eigenvalue weighted by Crippen LogP contribution is 2.33. The summed E-state index contributed by atoms with van der Waals surface area (Å²) in [6.07, 6.45) is 2.37. The van der Waals surface area contributed by atoms with E-state index >= 15 is 0 Å². The largest absolute Gasteiger partial charge is 0.310 e. The number of nitrogens with one attached hydrogen (secondary N) is 1. The third-order valence-electron chi connectivity index (χ3n) is 2.42. The molecule has 0 radical (unpaired) electrons. The van der Waals surface area contributed by atoms with Gasteiger partial charge in [0.2, 0.25) is 0 Å². The number of halogens is 3. The number of hydrogen-bond acceptors (Lipinski definition) is 1. The molecular formula is C10H12Cl3N. The van der Waals surface area contributed by atoms with Crippen molar-refractivity contribution in [3.63, 3.8) is 0 Å². The molecule has 1 aliphatic rings. The minimum absolute atomic E-state index is 0. The fraction of sp³-hybridized carbons (Fsp3) is 0.400. The van der Waals surface area contributed by atoms with Crippen LogP contribution in [0.2, 0.25) is 10.0 Å². The minimum atomic E-state index is 0. The Hall–Kier alpha value is 0.0500. The van der Waals surface area contributed by atoms with Crippen LogP contribution in [-0.2, 0) is 0 Å². The summed E-state index contributed by atoms with van der Waals surface area (Å²) in [7, 11) is 0. The summed E-state index contributed by atoms with van der Waals surface area (Å²) < 4.78 is 0. The molecule has 0 aliphatic carbocycles. The second-order valence-electron chi connectivity index (χ2n) is 3.29. The van der Waals surface area contributed by atoms with Gasteiger partial charge in [0.25, 0.3) is 0 Å². The van der Waals surface area contributed by atoms with Crippen molar-refractivity contribution in [2.75, 3.05) is 6.54 Å². The lowest BCUT2D eigenvalue weighted by Gasteiger charge is -2.12. The second kappa shape index (κ2) is 5.22. The zero-order chi connectivity index (χ0) is 9.26. The molecule has 0 spiro atoms. The molecule has 14 heavy (non-hydrogen) atoms. The van der Waals surface area contributed by atoms with Gasteiger partial charge in [-0.2, -0.15) is 0 Å². The van der Waals surface area contributed by atoms with E-state index < -0.39 is 0 Å². The van der Waals surface area contributed by atoms with Crippen LogP contribution in [0.15, 0.2) is 18.2 Å². The Morgan fingerprint density at radius 1 is 1.29 bits per heavy atom. The molecule has 4 heteroatoms. The molecule has 1 N–H and O–H groups in total. The molecule has 2 rings (SSSR count). The first-order valence-electron chi connectivity index (χ1n) is 4.46. The molecule has 78 valence electrons. The van der Waals surface area contributed by atoms with Crippen LogP contribution in [0.25, 0.3) is 0 Å². The van der Waals surface area contributed by atoms with E-state index in [0.29, 0.717) is 16.1 Å². The van der Waals surface area contributed by atoms with Crippen LogP contribution in [0, 0.1) is 0 Å². The average Bonchev–Trinajstić information content (AvgIpc) is 2.62. The lowest BCUT2D eigenvalue weighted by molar-refractivity contribution is 0.648. The fourth-order valence-electron chi connectivity index (χ4n) is 1.74. The van der Waals surface area contributed by atoms with E-state index in [-0.39, 0.29) is 12.4 Å². The summed E-state index contributed by atoms with van der Waals surface area (Å²) in [5.74, 6) is 0. The van der Waals surface area contributed by atoms with Gasteiger partial charge >= 0.3 is 0 Å². The minimum Gasteiger partial charge on any atom is -0.310 e. The van der Waals surface area contributed by atoms with Gasteiger partial charge in [-0.3, -0.25) is 0 Å². The van der Waals surface area contributed by atoms with Crippen LogP contribution >= 0.6 is 35.6 Å².